The lowest BCUT2D eigenvalue weighted by Crippen LogP contribution is -2.12. The minimum atomic E-state index is -0.598. The van der Waals surface area contributed by atoms with E-state index in [0.717, 1.165) is 16.3 Å². The van der Waals surface area contributed by atoms with Crippen LogP contribution in [0.1, 0.15) is 56.1 Å². The molecule has 0 bridgehead atoms. The third-order valence-corrected chi connectivity index (χ3v) is 5.70. The number of amides is 1. The predicted molar refractivity (Wildman–Crippen MR) is 119 cm³/mol. The maximum Gasteiger partial charge on any atom is 0.437 e. The number of anilines is 1. The molecule has 1 aliphatic rings. The Labute approximate surface area is 171 Å². The van der Waals surface area contributed by atoms with Crippen LogP contribution in [0.4, 0.5) is 10.5 Å². The van der Waals surface area contributed by atoms with Gasteiger partial charge in [0.15, 0.2) is 0 Å². The topological polar surface area (TPSA) is 50.7 Å². The first kappa shape index (κ1) is 19.2. The van der Waals surface area contributed by atoms with Crippen LogP contribution in [0.15, 0.2) is 71.9 Å². The fourth-order valence-corrected chi connectivity index (χ4v) is 4.06. The predicted octanol–water partition coefficient (Wildman–Crippen LogP) is 6.86. The normalized spacial score (nSPS) is 15.3. The highest BCUT2D eigenvalue weighted by atomic mass is 16.7. The highest BCUT2D eigenvalue weighted by Gasteiger charge is 2.15. The van der Waals surface area contributed by atoms with E-state index in [0.29, 0.717) is 17.3 Å². The summed E-state index contributed by atoms with van der Waals surface area (Å²) in [4.78, 5) is 17.3. The average molecular weight is 386 g/mol. The molecule has 3 aromatic carbocycles. The van der Waals surface area contributed by atoms with Crippen LogP contribution in [0.25, 0.3) is 10.8 Å². The molecule has 4 rings (SSSR count). The first-order chi connectivity index (χ1) is 14.2. The summed E-state index contributed by atoms with van der Waals surface area (Å²) in [6.45, 7) is 1.85. The summed E-state index contributed by atoms with van der Waals surface area (Å²) >= 11 is 0. The van der Waals surface area contributed by atoms with Crippen molar-refractivity contribution < 1.29 is 9.63 Å². The summed E-state index contributed by atoms with van der Waals surface area (Å²) < 4.78 is 0. The van der Waals surface area contributed by atoms with E-state index in [4.69, 9.17) is 4.84 Å². The lowest BCUT2D eigenvalue weighted by atomic mass is 9.84. The van der Waals surface area contributed by atoms with E-state index in [1.165, 1.54) is 37.7 Å². The Bertz CT molecular complexity index is 1010. The maximum atomic E-state index is 12.2. The quantitative estimate of drug-likeness (QED) is 0.302. The second-order valence-corrected chi connectivity index (χ2v) is 7.66. The summed E-state index contributed by atoms with van der Waals surface area (Å²) in [5.41, 5.74) is 3.74. The van der Waals surface area contributed by atoms with E-state index in [2.05, 4.69) is 34.7 Å². The molecule has 1 fully saturated rings. The molecule has 0 aromatic heterocycles. The van der Waals surface area contributed by atoms with Crippen molar-refractivity contribution in [3.63, 3.8) is 0 Å². The molecule has 0 radical (unpaired) electrons. The lowest BCUT2D eigenvalue weighted by molar-refractivity contribution is 0.166. The van der Waals surface area contributed by atoms with Crippen LogP contribution in [0.3, 0.4) is 0 Å². The number of hydrogen-bond donors (Lipinski definition) is 1. The zero-order valence-corrected chi connectivity index (χ0v) is 16.7. The van der Waals surface area contributed by atoms with Crippen LogP contribution in [0, 0.1) is 0 Å². The van der Waals surface area contributed by atoms with Crippen molar-refractivity contribution in [1.82, 2.24) is 0 Å². The third kappa shape index (κ3) is 4.65. The van der Waals surface area contributed by atoms with Crippen molar-refractivity contribution in [2.45, 2.75) is 44.9 Å². The van der Waals surface area contributed by atoms with Crippen molar-refractivity contribution in [3.8, 4) is 0 Å². The number of carbonyl (C=O) groups excluding carboxylic acids is 1. The van der Waals surface area contributed by atoms with Crippen LogP contribution < -0.4 is 5.32 Å². The third-order valence-electron chi connectivity index (χ3n) is 5.70. The molecule has 148 valence electrons. The lowest BCUT2D eigenvalue weighted by Gasteiger charge is -2.22. The molecule has 1 amide bonds. The zero-order chi connectivity index (χ0) is 20.1. The molecule has 1 aliphatic carbocycles. The van der Waals surface area contributed by atoms with Crippen molar-refractivity contribution in [2.75, 3.05) is 5.32 Å². The molecular weight excluding hydrogens is 360 g/mol. The highest BCUT2D eigenvalue weighted by Crippen LogP contribution is 2.32. The largest absolute Gasteiger partial charge is 0.437 e. The first-order valence-corrected chi connectivity index (χ1v) is 10.3. The number of nitrogens with zero attached hydrogens (tertiary/aromatic N) is 1. The van der Waals surface area contributed by atoms with E-state index >= 15 is 0 Å². The zero-order valence-electron chi connectivity index (χ0n) is 16.7. The van der Waals surface area contributed by atoms with Gasteiger partial charge in [-0.3, -0.25) is 10.2 Å². The van der Waals surface area contributed by atoms with Gasteiger partial charge in [-0.1, -0.05) is 85.1 Å². The summed E-state index contributed by atoms with van der Waals surface area (Å²) in [5.74, 6) is 0.678. The second-order valence-electron chi connectivity index (χ2n) is 7.66. The van der Waals surface area contributed by atoms with E-state index in [-0.39, 0.29) is 0 Å². The van der Waals surface area contributed by atoms with E-state index in [1.54, 1.807) is 0 Å². The van der Waals surface area contributed by atoms with E-state index < -0.39 is 6.09 Å². The fraction of sp³-hybridized carbons (Fsp3) is 0.280. The van der Waals surface area contributed by atoms with Crippen molar-refractivity contribution in [1.29, 1.82) is 0 Å². The molecule has 4 nitrogen and oxygen atoms in total. The number of nitrogens with one attached hydrogen (secondary N) is 1. The Kier molecular flexibility index (Phi) is 5.89. The van der Waals surface area contributed by atoms with Crippen LogP contribution in [0.2, 0.25) is 0 Å². The summed E-state index contributed by atoms with van der Waals surface area (Å²) in [6.07, 6.45) is 5.98. The standard InChI is InChI=1S/C25H26N2O2/c1-18(19-14-16-21(17-15-19)20-8-3-2-4-9-20)27-29-25(28)26-24-13-7-11-22-10-5-6-12-23(22)24/h5-7,10-17,20H,2-4,8-9H2,1H3,(H,26,28)/b27-18+. The van der Waals surface area contributed by atoms with Crippen molar-refractivity contribution in [2.24, 2.45) is 5.16 Å². The number of carbonyl (C=O) groups is 1. The second kappa shape index (κ2) is 8.91. The van der Waals surface area contributed by atoms with Gasteiger partial charge in [0.1, 0.15) is 0 Å². The molecule has 0 aliphatic heterocycles. The minimum absolute atomic E-state index is 0.598. The van der Waals surface area contributed by atoms with Gasteiger partial charge in [0.05, 0.1) is 11.4 Å². The van der Waals surface area contributed by atoms with Gasteiger partial charge in [-0.15, -0.1) is 0 Å². The summed E-state index contributed by atoms with van der Waals surface area (Å²) in [7, 11) is 0. The van der Waals surface area contributed by atoms with Crippen molar-refractivity contribution in [3.05, 3.63) is 77.9 Å². The Morgan fingerprint density at radius 3 is 2.45 bits per heavy atom. The number of hydrogen-bond acceptors (Lipinski definition) is 3. The molecule has 0 atom stereocenters. The van der Waals surface area contributed by atoms with E-state index in [1.807, 2.05) is 49.4 Å². The highest BCUT2D eigenvalue weighted by molar-refractivity contribution is 6.01. The smallest absolute Gasteiger partial charge is 0.298 e. The van der Waals surface area contributed by atoms with Gasteiger partial charge >= 0.3 is 6.09 Å². The van der Waals surface area contributed by atoms with Gasteiger partial charge in [0, 0.05) is 5.39 Å². The van der Waals surface area contributed by atoms with Gasteiger partial charge < -0.3 is 0 Å². The van der Waals surface area contributed by atoms with Gasteiger partial charge in [0.2, 0.25) is 0 Å². The van der Waals surface area contributed by atoms with Gasteiger partial charge in [-0.05, 0) is 48.3 Å². The molecule has 1 saturated carbocycles. The number of oxime groups is 1. The molecule has 0 heterocycles. The first-order valence-electron chi connectivity index (χ1n) is 10.3. The van der Waals surface area contributed by atoms with Crippen LogP contribution in [-0.4, -0.2) is 11.8 Å². The van der Waals surface area contributed by atoms with Crippen LogP contribution in [0.5, 0.6) is 0 Å². The molecule has 3 aromatic rings. The Balaban J connectivity index is 1.39. The van der Waals surface area contributed by atoms with E-state index in [9.17, 15) is 4.79 Å². The molecule has 0 unspecified atom stereocenters. The number of benzene rings is 3. The van der Waals surface area contributed by atoms with Crippen LogP contribution >= 0.6 is 0 Å². The fourth-order valence-electron chi connectivity index (χ4n) is 4.06. The maximum absolute atomic E-state index is 12.2. The Hall–Kier alpha value is -3.14. The number of fused-ring (bicyclic) bond motifs is 1. The summed E-state index contributed by atoms with van der Waals surface area (Å²) in [6, 6.07) is 22.1. The van der Waals surface area contributed by atoms with Crippen LogP contribution in [-0.2, 0) is 4.84 Å². The Morgan fingerprint density at radius 1 is 0.931 bits per heavy atom. The Morgan fingerprint density at radius 2 is 1.66 bits per heavy atom. The van der Waals surface area contributed by atoms with Gasteiger partial charge in [0.25, 0.3) is 0 Å². The monoisotopic (exact) mass is 386 g/mol. The number of rotatable bonds is 4. The van der Waals surface area contributed by atoms with Crippen molar-refractivity contribution >= 4 is 28.3 Å². The molecule has 0 spiro atoms. The summed E-state index contributed by atoms with van der Waals surface area (Å²) in [5, 5.41) is 8.82. The SMILES string of the molecule is C/C(=N\OC(=O)Nc1cccc2ccccc12)c1ccc(C2CCCCC2)cc1. The molecule has 29 heavy (non-hydrogen) atoms. The minimum Gasteiger partial charge on any atom is -0.298 e. The molecular formula is C25H26N2O2. The molecule has 4 heteroatoms. The van der Waals surface area contributed by atoms with Gasteiger partial charge in [-0.2, -0.15) is 0 Å². The van der Waals surface area contributed by atoms with Gasteiger partial charge in [-0.25, -0.2) is 4.79 Å². The molecule has 0 saturated heterocycles. The molecule has 1 N–H and O–H groups in total. The average Bonchev–Trinajstić information content (AvgIpc) is 2.78.